The van der Waals surface area contributed by atoms with E-state index in [1.54, 1.807) is 18.2 Å². The van der Waals surface area contributed by atoms with Crippen molar-refractivity contribution < 1.29 is 31.9 Å². The lowest BCUT2D eigenvalue weighted by molar-refractivity contribution is -0.155. The maximum atomic E-state index is 13.9. The Morgan fingerprint density at radius 3 is 2.45 bits per heavy atom. The van der Waals surface area contributed by atoms with Crippen molar-refractivity contribution in [1.29, 1.82) is 0 Å². The third-order valence-electron chi connectivity index (χ3n) is 5.75. The van der Waals surface area contributed by atoms with Crippen molar-refractivity contribution >= 4 is 22.9 Å². The van der Waals surface area contributed by atoms with E-state index < -0.39 is 42.1 Å². The number of nitrogens with zero attached hydrogens (tertiary/aromatic N) is 3. The number of hydrogen-bond donors (Lipinski definition) is 0. The zero-order valence-corrected chi connectivity index (χ0v) is 17.7. The zero-order chi connectivity index (χ0) is 23.7. The molecule has 1 amide bonds. The number of fused-ring (bicyclic) bond motifs is 1. The van der Waals surface area contributed by atoms with E-state index in [0.717, 1.165) is 16.7 Å². The summed E-state index contributed by atoms with van der Waals surface area (Å²) < 4.78 is 60.5. The number of halogens is 4. The van der Waals surface area contributed by atoms with Crippen LogP contribution in [0.4, 0.5) is 17.6 Å². The average Bonchev–Trinajstić information content (AvgIpc) is 3.19. The first kappa shape index (κ1) is 22.8. The van der Waals surface area contributed by atoms with Gasteiger partial charge in [0.25, 0.3) is 5.91 Å². The number of alkyl halides is 2. The topological polar surface area (TPSA) is 64.4 Å². The number of carbonyl (C=O) groups is 2. The van der Waals surface area contributed by atoms with E-state index in [9.17, 15) is 27.2 Å². The molecule has 174 valence electrons. The molecule has 3 aromatic rings. The van der Waals surface area contributed by atoms with Gasteiger partial charge >= 0.3 is 12.5 Å². The normalized spacial score (nSPS) is 15.8. The van der Waals surface area contributed by atoms with Gasteiger partial charge in [-0.2, -0.15) is 8.78 Å². The van der Waals surface area contributed by atoms with Crippen LogP contribution in [0.3, 0.4) is 0 Å². The Morgan fingerprint density at radius 1 is 1.09 bits per heavy atom. The lowest BCUT2D eigenvalue weighted by Crippen LogP contribution is -2.41. The lowest BCUT2D eigenvalue weighted by Gasteiger charge is -2.31. The summed E-state index contributed by atoms with van der Waals surface area (Å²) in [4.78, 5) is 30.8. The molecule has 0 saturated carbocycles. The van der Waals surface area contributed by atoms with Gasteiger partial charge in [0.15, 0.2) is 11.9 Å². The second kappa shape index (κ2) is 9.21. The molecule has 4 rings (SSSR count). The summed E-state index contributed by atoms with van der Waals surface area (Å²) >= 11 is 0. The number of ether oxygens (including phenoxy) is 1. The van der Waals surface area contributed by atoms with Crippen LogP contribution in [0.2, 0.25) is 0 Å². The maximum Gasteiger partial charge on any atom is 0.320 e. The number of rotatable bonds is 5. The Bertz CT molecular complexity index is 1190. The van der Waals surface area contributed by atoms with Crippen molar-refractivity contribution in [2.75, 3.05) is 13.1 Å². The predicted octanol–water partition coefficient (Wildman–Crippen LogP) is 4.87. The molecular weight excluding hydrogens is 442 g/mol. The van der Waals surface area contributed by atoms with Gasteiger partial charge in [-0.1, -0.05) is 12.1 Å². The number of para-hydroxylation sites is 2. The van der Waals surface area contributed by atoms with Gasteiger partial charge in [-0.3, -0.25) is 14.2 Å². The molecule has 0 N–H and O–H groups in total. The highest BCUT2D eigenvalue weighted by Gasteiger charge is 2.32. The number of benzene rings is 2. The van der Waals surface area contributed by atoms with Crippen molar-refractivity contribution in [3.63, 3.8) is 0 Å². The molecule has 2 aromatic carbocycles. The molecule has 0 spiro atoms. The number of amides is 1. The first-order valence-corrected chi connectivity index (χ1v) is 10.5. The van der Waals surface area contributed by atoms with Gasteiger partial charge in [0, 0.05) is 19.2 Å². The third kappa shape index (κ3) is 4.55. The standard InChI is InChI=1S/C23H21F4N3O3/c1-13(20-28-18-4-2-3-5-19(18)30(20)23(26)27)33-22(32)14-8-10-29(11-9-14)21(31)16-7-6-15(24)12-17(16)25/h2-7,12-14,23H,8-11H2,1H3. The Kier molecular flexibility index (Phi) is 6.35. The van der Waals surface area contributed by atoms with Crippen LogP contribution in [0.5, 0.6) is 0 Å². The minimum Gasteiger partial charge on any atom is -0.454 e. The molecule has 0 radical (unpaired) electrons. The minimum atomic E-state index is -2.85. The van der Waals surface area contributed by atoms with Crippen LogP contribution in [0.25, 0.3) is 11.0 Å². The number of hydrogen-bond acceptors (Lipinski definition) is 4. The highest BCUT2D eigenvalue weighted by atomic mass is 19.3. The van der Waals surface area contributed by atoms with Crippen molar-refractivity contribution in [3.8, 4) is 0 Å². The number of piperidine rings is 1. The first-order chi connectivity index (χ1) is 15.8. The molecule has 1 unspecified atom stereocenters. The van der Waals surface area contributed by atoms with E-state index in [0.29, 0.717) is 11.6 Å². The fourth-order valence-corrected chi connectivity index (χ4v) is 4.03. The molecule has 33 heavy (non-hydrogen) atoms. The second-order valence-corrected chi connectivity index (χ2v) is 7.88. The van der Waals surface area contributed by atoms with E-state index in [-0.39, 0.29) is 42.8 Å². The number of aromatic nitrogens is 2. The van der Waals surface area contributed by atoms with Crippen molar-refractivity contribution in [2.45, 2.75) is 32.4 Å². The van der Waals surface area contributed by atoms with E-state index in [2.05, 4.69) is 4.98 Å². The monoisotopic (exact) mass is 463 g/mol. The highest BCUT2D eigenvalue weighted by molar-refractivity contribution is 5.94. The molecule has 0 bridgehead atoms. The molecule has 6 nitrogen and oxygen atoms in total. The van der Waals surface area contributed by atoms with Crippen LogP contribution >= 0.6 is 0 Å². The Morgan fingerprint density at radius 2 is 1.79 bits per heavy atom. The fourth-order valence-electron chi connectivity index (χ4n) is 4.03. The molecule has 2 heterocycles. The fraction of sp³-hybridized carbons (Fsp3) is 0.348. The van der Waals surface area contributed by atoms with Gasteiger partial charge in [0.1, 0.15) is 11.6 Å². The zero-order valence-electron chi connectivity index (χ0n) is 17.7. The summed E-state index contributed by atoms with van der Waals surface area (Å²) in [6, 6.07) is 9.16. The van der Waals surface area contributed by atoms with Gasteiger partial charge in [0.2, 0.25) is 0 Å². The molecule has 1 aliphatic heterocycles. The molecule has 10 heteroatoms. The molecule has 1 atom stereocenters. The van der Waals surface area contributed by atoms with Gasteiger partial charge in [-0.25, -0.2) is 13.8 Å². The average molecular weight is 463 g/mol. The lowest BCUT2D eigenvalue weighted by atomic mass is 9.96. The van der Waals surface area contributed by atoms with Gasteiger partial charge in [0.05, 0.1) is 22.5 Å². The van der Waals surface area contributed by atoms with Crippen LogP contribution < -0.4 is 0 Å². The number of carbonyl (C=O) groups excluding carboxylic acids is 2. The second-order valence-electron chi connectivity index (χ2n) is 7.88. The first-order valence-electron chi connectivity index (χ1n) is 10.5. The predicted molar refractivity (Wildman–Crippen MR) is 110 cm³/mol. The van der Waals surface area contributed by atoms with Crippen molar-refractivity contribution in [3.05, 3.63) is 65.5 Å². The van der Waals surface area contributed by atoms with E-state index >= 15 is 0 Å². The highest BCUT2D eigenvalue weighted by Crippen LogP contribution is 2.30. The van der Waals surface area contributed by atoms with E-state index in [1.807, 2.05) is 0 Å². The minimum absolute atomic E-state index is 0.0565. The molecule has 1 aromatic heterocycles. The largest absolute Gasteiger partial charge is 0.454 e. The Balaban J connectivity index is 1.40. The summed E-state index contributed by atoms with van der Waals surface area (Å²) in [5, 5.41) is 0. The van der Waals surface area contributed by atoms with Crippen molar-refractivity contribution in [1.82, 2.24) is 14.5 Å². The molecular formula is C23H21F4N3O3. The molecule has 1 fully saturated rings. The van der Waals surface area contributed by atoms with Crippen LogP contribution in [0, 0.1) is 17.6 Å². The van der Waals surface area contributed by atoms with Crippen LogP contribution in [0.15, 0.2) is 42.5 Å². The summed E-state index contributed by atoms with van der Waals surface area (Å²) in [5.41, 5.74) is 0.373. The number of imidazole rings is 1. The van der Waals surface area contributed by atoms with E-state index in [4.69, 9.17) is 4.74 Å². The number of esters is 1. The smallest absolute Gasteiger partial charge is 0.320 e. The summed E-state index contributed by atoms with van der Waals surface area (Å²) in [6.07, 6.45) is -0.469. The maximum absolute atomic E-state index is 13.9. The Hall–Kier alpha value is -3.43. The molecule has 1 saturated heterocycles. The van der Waals surface area contributed by atoms with Crippen molar-refractivity contribution in [2.24, 2.45) is 5.92 Å². The van der Waals surface area contributed by atoms with Gasteiger partial charge in [-0.15, -0.1) is 0 Å². The van der Waals surface area contributed by atoms with Crippen LogP contribution in [-0.4, -0.2) is 39.4 Å². The number of likely N-dealkylation sites (tertiary alicyclic amines) is 1. The Labute approximate surface area is 186 Å². The van der Waals surface area contributed by atoms with E-state index in [1.165, 1.54) is 17.9 Å². The SMILES string of the molecule is CC(OC(=O)C1CCN(C(=O)c2ccc(F)cc2F)CC1)c1nc2ccccc2n1C(F)F. The quantitative estimate of drug-likeness (QED) is 0.400. The third-order valence-corrected chi connectivity index (χ3v) is 5.75. The van der Waals surface area contributed by atoms with Gasteiger partial charge in [-0.05, 0) is 44.0 Å². The van der Waals surface area contributed by atoms with Crippen LogP contribution in [0.1, 0.15) is 48.6 Å². The summed E-state index contributed by atoms with van der Waals surface area (Å²) in [6.45, 7) is -1.01. The molecule has 1 aliphatic rings. The molecule has 0 aliphatic carbocycles. The van der Waals surface area contributed by atoms with Crippen LogP contribution in [-0.2, 0) is 9.53 Å². The summed E-state index contributed by atoms with van der Waals surface area (Å²) in [7, 11) is 0. The van der Waals surface area contributed by atoms with Gasteiger partial charge < -0.3 is 9.64 Å². The summed E-state index contributed by atoms with van der Waals surface area (Å²) in [5.74, 6) is -3.48.